The van der Waals surface area contributed by atoms with Crippen molar-refractivity contribution in [1.29, 1.82) is 0 Å². The number of piperidine rings is 3. The molecule has 2 aromatic rings. The van der Waals surface area contributed by atoms with Crippen LogP contribution in [0.4, 0.5) is 10.9 Å². The Bertz CT molecular complexity index is 768. The highest BCUT2D eigenvalue weighted by Gasteiger charge is 2.29. The normalized spacial score (nSPS) is 24.8. The summed E-state index contributed by atoms with van der Waals surface area (Å²) in [6.45, 7) is 6.85. The zero-order valence-corrected chi connectivity index (χ0v) is 17.9. The van der Waals surface area contributed by atoms with Crippen molar-refractivity contribution in [3.8, 4) is 0 Å². The molecule has 5 heterocycles. The molecule has 3 saturated heterocycles. The highest BCUT2D eigenvalue weighted by Crippen LogP contribution is 2.34. The highest BCUT2D eigenvalue weighted by atomic mass is 32.1. The lowest BCUT2D eigenvalue weighted by molar-refractivity contribution is 0.141. The number of anilines is 2. The summed E-state index contributed by atoms with van der Waals surface area (Å²) in [4.78, 5) is 16.2. The SMILES string of the molecule is c1cnc(N2CCC[C@H](c3nnc(N4CCC(N5CCCCC5)CC4)s3)C2)cn1. The van der Waals surface area contributed by atoms with E-state index >= 15 is 0 Å². The highest BCUT2D eigenvalue weighted by molar-refractivity contribution is 7.15. The molecule has 0 radical (unpaired) electrons. The Labute approximate surface area is 177 Å². The summed E-state index contributed by atoms with van der Waals surface area (Å²) in [7, 11) is 0. The van der Waals surface area contributed by atoms with Gasteiger partial charge >= 0.3 is 0 Å². The quantitative estimate of drug-likeness (QED) is 0.763. The minimum absolute atomic E-state index is 0.447. The molecular formula is C21H31N7S. The van der Waals surface area contributed by atoms with Crippen LogP contribution in [-0.4, -0.2) is 70.4 Å². The second-order valence-corrected chi connectivity index (χ2v) is 9.57. The van der Waals surface area contributed by atoms with Crippen molar-refractivity contribution in [2.24, 2.45) is 0 Å². The molecule has 2 aromatic heterocycles. The van der Waals surface area contributed by atoms with E-state index in [0.29, 0.717) is 5.92 Å². The summed E-state index contributed by atoms with van der Waals surface area (Å²) in [5.41, 5.74) is 0. The Balaban J connectivity index is 1.19. The summed E-state index contributed by atoms with van der Waals surface area (Å²) in [5, 5.41) is 11.5. The molecule has 0 bridgehead atoms. The van der Waals surface area contributed by atoms with Crippen LogP contribution in [0.3, 0.4) is 0 Å². The van der Waals surface area contributed by atoms with Crippen molar-refractivity contribution < 1.29 is 0 Å². The van der Waals surface area contributed by atoms with Crippen molar-refractivity contribution in [1.82, 2.24) is 25.1 Å². The fraction of sp³-hybridized carbons (Fsp3) is 0.714. The van der Waals surface area contributed by atoms with E-state index in [2.05, 4.69) is 34.9 Å². The monoisotopic (exact) mass is 413 g/mol. The van der Waals surface area contributed by atoms with E-state index in [9.17, 15) is 0 Å². The molecular weight excluding hydrogens is 382 g/mol. The number of hydrogen-bond acceptors (Lipinski definition) is 8. The molecule has 29 heavy (non-hydrogen) atoms. The summed E-state index contributed by atoms with van der Waals surface area (Å²) < 4.78 is 0. The Morgan fingerprint density at radius 1 is 0.828 bits per heavy atom. The lowest BCUT2D eigenvalue weighted by Crippen LogP contribution is -2.46. The van der Waals surface area contributed by atoms with Crippen LogP contribution in [0.2, 0.25) is 0 Å². The van der Waals surface area contributed by atoms with Gasteiger partial charge in [-0.2, -0.15) is 0 Å². The Morgan fingerprint density at radius 2 is 1.69 bits per heavy atom. The van der Waals surface area contributed by atoms with E-state index < -0.39 is 0 Å². The lowest BCUT2D eigenvalue weighted by Gasteiger charge is -2.40. The van der Waals surface area contributed by atoms with E-state index in [-0.39, 0.29) is 0 Å². The van der Waals surface area contributed by atoms with Crippen LogP contribution in [0.5, 0.6) is 0 Å². The molecule has 0 saturated carbocycles. The Hall–Kier alpha value is -1.80. The average molecular weight is 414 g/mol. The van der Waals surface area contributed by atoms with Gasteiger partial charge in [0, 0.05) is 50.5 Å². The smallest absolute Gasteiger partial charge is 0.208 e. The third kappa shape index (κ3) is 4.38. The van der Waals surface area contributed by atoms with Gasteiger partial charge in [-0.05, 0) is 51.6 Å². The summed E-state index contributed by atoms with van der Waals surface area (Å²) in [6.07, 6.45) is 14.4. The average Bonchev–Trinajstić information content (AvgIpc) is 3.31. The molecule has 7 nitrogen and oxygen atoms in total. The second-order valence-electron chi connectivity index (χ2n) is 8.59. The third-order valence-corrected chi connectivity index (χ3v) is 7.86. The molecule has 3 aliphatic rings. The molecule has 0 aliphatic carbocycles. The fourth-order valence-electron chi connectivity index (χ4n) is 5.07. The second kappa shape index (κ2) is 8.92. The largest absolute Gasteiger partial charge is 0.355 e. The van der Waals surface area contributed by atoms with Crippen molar-refractivity contribution in [3.05, 3.63) is 23.6 Å². The standard InChI is InChI=1S/C21H31N7S/c1-2-10-26(11-3-1)18-6-13-27(14-7-18)21-25-24-20(29-21)17-5-4-12-28(16-17)19-15-22-8-9-23-19/h8-9,15,17-18H,1-7,10-14,16H2/t17-/m0/s1. The maximum absolute atomic E-state index is 4.61. The Kier molecular flexibility index (Phi) is 5.90. The molecule has 0 unspecified atom stereocenters. The predicted octanol–water partition coefficient (Wildman–Crippen LogP) is 3.17. The lowest BCUT2D eigenvalue weighted by atomic mass is 9.99. The molecule has 0 N–H and O–H groups in total. The topological polar surface area (TPSA) is 61.3 Å². The number of rotatable bonds is 4. The molecule has 156 valence electrons. The van der Waals surface area contributed by atoms with E-state index in [1.807, 2.05) is 17.5 Å². The third-order valence-electron chi connectivity index (χ3n) is 6.72. The Morgan fingerprint density at radius 3 is 2.48 bits per heavy atom. The minimum Gasteiger partial charge on any atom is -0.355 e. The first kappa shape index (κ1) is 19.2. The van der Waals surface area contributed by atoms with Crippen molar-refractivity contribution in [2.45, 2.75) is 56.9 Å². The van der Waals surface area contributed by atoms with Crippen LogP contribution in [0, 0.1) is 0 Å². The van der Waals surface area contributed by atoms with Crippen molar-refractivity contribution in [2.75, 3.05) is 49.1 Å². The van der Waals surface area contributed by atoms with Crippen molar-refractivity contribution >= 4 is 22.3 Å². The molecule has 0 spiro atoms. The first-order valence-electron chi connectivity index (χ1n) is 11.2. The van der Waals surface area contributed by atoms with E-state index in [0.717, 1.165) is 49.6 Å². The first-order chi connectivity index (χ1) is 14.4. The van der Waals surface area contributed by atoms with Gasteiger partial charge in [0.15, 0.2) is 0 Å². The summed E-state index contributed by atoms with van der Waals surface area (Å²) >= 11 is 1.81. The molecule has 1 atom stereocenters. The van der Waals surface area contributed by atoms with Gasteiger partial charge in [-0.25, -0.2) is 4.98 Å². The molecule has 8 heteroatoms. The van der Waals surface area contributed by atoms with Crippen LogP contribution in [0.1, 0.15) is 55.9 Å². The van der Waals surface area contributed by atoms with Gasteiger partial charge in [0.2, 0.25) is 5.13 Å². The predicted molar refractivity (Wildman–Crippen MR) is 117 cm³/mol. The number of hydrogen-bond donors (Lipinski definition) is 0. The van der Waals surface area contributed by atoms with Crippen molar-refractivity contribution in [3.63, 3.8) is 0 Å². The first-order valence-corrected chi connectivity index (χ1v) is 12.0. The van der Waals surface area contributed by atoms with Gasteiger partial charge in [-0.15, -0.1) is 10.2 Å². The van der Waals surface area contributed by atoms with Crippen LogP contribution < -0.4 is 9.80 Å². The van der Waals surface area contributed by atoms with E-state index in [4.69, 9.17) is 0 Å². The molecule has 0 aromatic carbocycles. The maximum atomic E-state index is 4.61. The van der Waals surface area contributed by atoms with Gasteiger partial charge in [0.25, 0.3) is 0 Å². The van der Waals surface area contributed by atoms with Gasteiger partial charge < -0.3 is 14.7 Å². The van der Waals surface area contributed by atoms with Gasteiger partial charge in [0.05, 0.1) is 6.20 Å². The molecule has 3 aliphatic heterocycles. The zero-order chi connectivity index (χ0) is 19.5. The maximum Gasteiger partial charge on any atom is 0.208 e. The molecule has 3 fully saturated rings. The fourth-order valence-corrected chi connectivity index (χ4v) is 6.09. The van der Waals surface area contributed by atoms with Gasteiger partial charge in [-0.3, -0.25) is 4.98 Å². The van der Waals surface area contributed by atoms with Crippen LogP contribution >= 0.6 is 11.3 Å². The van der Waals surface area contributed by atoms with E-state index in [1.54, 1.807) is 12.4 Å². The number of likely N-dealkylation sites (tertiary alicyclic amines) is 1. The zero-order valence-electron chi connectivity index (χ0n) is 17.1. The van der Waals surface area contributed by atoms with Crippen LogP contribution in [0.25, 0.3) is 0 Å². The molecule has 0 amide bonds. The summed E-state index contributed by atoms with van der Waals surface area (Å²) in [5.74, 6) is 1.42. The number of nitrogens with zero attached hydrogens (tertiary/aromatic N) is 7. The number of aromatic nitrogens is 4. The molecule has 5 rings (SSSR count). The minimum atomic E-state index is 0.447. The van der Waals surface area contributed by atoms with Crippen LogP contribution in [-0.2, 0) is 0 Å². The van der Waals surface area contributed by atoms with Gasteiger partial charge in [-0.1, -0.05) is 17.8 Å². The van der Waals surface area contributed by atoms with E-state index in [1.165, 1.54) is 56.6 Å². The summed E-state index contributed by atoms with van der Waals surface area (Å²) in [6, 6.07) is 0.776. The van der Waals surface area contributed by atoms with Gasteiger partial charge in [0.1, 0.15) is 10.8 Å². The van der Waals surface area contributed by atoms with Crippen LogP contribution in [0.15, 0.2) is 18.6 Å².